The molecule has 0 saturated heterocycles. The van der Waals surface area contributed by atoms with E-state index in [1.54, 1.807) is 37.4 Å². The Morgan fingerprint density at radius 3 is 2.19 bits per heavy atom. The van der Waals surface area contributed by atoms with Crippen LogP contribution in [0.15, 0.2) is 48.5 Å². The lowest BCUT2D eigenvalue weighted by Gasteiger charge is -2.11. The minimum atomic E-state index is -0.156. The summed E-state index contributed by atoms with van der Waals surface area (Å²) >= 11 is 0. The lowest BCUT2D eigenvalue weighted by Crippen LogP contribution is -2.12. The third-order valence-electron chi connectivity index (χ3n) is 4.44. The number of carbonyl (C=O) groups is 1. The van der Waals surface area contributed by atoms with Gasteiger partial charge in [0.05, 0.1) is 12.7 Å². The summed E-state index contributed by atoms with van der Waals surface area (Å²) in [6.07, 6.45) is 0. The Kier molecular flexibility index (Phi) is 4.90. The second-order valence-electron chi connectivity index (χ2n) is 6.18. The van der Waals surface area contributed by atoms with Crippen LogP contribution in [0, 0.1) is 25.2 Å². The van der Waals surface area contributed by atoms with Crippen molar-refractivity contribution in [2.24, 2.45) is 0 Å². The predicted molar refractivity (Wildman–Crippen MR) is 101 cm³/mol. The molecule has 0 unspecified atom stereocenters. The minimum absolute atomic E-state index is 0.128. The first kappa shape index (κ1) is 17.5. The second-order valence-corrected chi connectivity index (χ2v) is 6.18. The molecule has 0 bridgehead atoms. The molecule has 130 valence electrons. The highest BCUT2D eigenvalue weighted by molar-refractivity contribution is 5.97. The summed E-state index contributed by atoms with van der Waals surface area (Å²) in [6.45, 7) is 3.96. The zero-order valence-corrected chi connectivity index (χ0v) is 15.0. The van der Waals surface area contributed by atoms with Crippen molar-refractivity contribution in [1.82, 2.24) is 0 Å². The summed E-state index contributed by atoms with van der Waals surface area (Å²) in [5.74, 6) is 0.955. The van der Waals surface area contributed by atoms with Crippen LogP contribution in [0.3, 0.4) is 0 Å². The average Bonchev–Trinajstić information content (AvgIpc) is 2.66. The molecule has 0 saturated carbocycles. The standard InChI is InChI=1S/C22H19NO3/c1-14-8-17-10-19(12-23)22(11-18(17)9-15(14)2)26-13-21(24)16-4-6-20(25-3)7-5-16/h4-11H,13H2,1-3H3. The van der Waals surface area contributed by atoms with Gasteiger partial charge < -0.3 is 9.47 Å². The summed E-state index contributed by atoms with van der Waals surface area (Å²) in [7, 11) is 1.58. The second kappa shape index (κ2) is 7.28. The first-order chi connectivity index (χ1) is 12.5. The van der Waals surface area contributed by atoms with Gasteiger partial charge in [-0.2, -0.15) is 5.26 Å². The number of carbonyl (C=O) groups excluding carboxylic acids is 1. The topological polar surface area (TPSA) is 59.3 Å². The van der Waals surface area contributed by atoms with Gasteiger partial charge in [0, 0.05) is 5.56 Å². The van der Waals surface area contributed by atoms with Gasteiger partial charge in [-0.3, -0.25) is 4.79 Å². The Labute approximate surface area is 152 Å². The van der Waals surface area contributed by atoms with Gasteiger partial charge in [-0.1, -0.05) is 12.1 Å². The fourth-order valence-electron chi connectivity index (χ4n) is 2.77. The van der Waals surface area contributed by atoms with E-state index in [1.165, 1.54) is 11.1 Å². The number of rotatable bonds is 5. The van der Waals surface area contributed by atoms with Crippen LogP contribution in [0.25, 0.3) is 10.8 Å². The highest BCUT2D eigenvalue weighted by atomic mass is 16.5. The van der Waals surface area contributed by atoms with Gasteiger partial charge in [0.25, 0.3) is 0 Å². The van der Waals surface area contributed by atoms with Crippen LogP contribution in [0.1, 0.15) is 27.0 Å². The number of methoxy groups -OCH3 is 1. The number of hydrogen-bond donors (Lipinski definition) is 0. The summed E-state index contributed by atoms with van der Waals surface area (Å²) in [5.41, 5.74) is 3.30. The molecule has 3 rings (SSSR count). The number of Topliss-reactive ketones (excluding diaryl/α,β-unsaturated/α-hetero) is 1. The van der Waals surface area contributed by atoms with Crippen molar-refractivity contribution in [2.45, 2.75) is 13.8 Å². The highest BCUT2D eigenvalue weighted by Gasteiger charge is 2.11. The summed E-state index contributed by atoms with van der Waals surface area (Å²) in [6, 6.07) is 16.7. The van der Waals surface area contributed by atoms with Crippen LogP contribution in [0.2, 0.25) is 0 Å². The number of aryl methyl sites for hydroxylation is 2. The van der Waals surface area contributed by atoms with E-state index < -0.39 is 0 Å². The number of nitriles is 1. The molecule has 4 heteroatoms. The van der Waals surface area contributed by atoms with Crippen molar-refractivity contribution < 1.29 is 14.3 Å². The molecule has 0 amide bonds. The lowest BCUT2D eigenvalue weighted by molar-refractivity contribution is 0.0921. The number of nitrogens with zero attached hydrogens (tertiary/aromatic N) is 1. The molecular formula is C22H19NO3. The van der Waals surface area contributed by atoms with E-state index >= 15 is 0 Å². The van der Waals surface area contributed by atoms with Crippen LogP contribution in [-0.2, 0) is 0 Å². The predicted octanol–water partition coefficient (Wildman–Crippen LogP) is 4.60. The molecule has 0 N–H and O–H groups in total. The lowest BCUT2D eigenvalue weighted by atomic mass is 10.0. The molecule has 0 aliphatic carbocycles. The summed E-state index contributed by atoms with van der Waals surface area (Å²) < 4.78 is 10.8. The Morgan fingerprint density at radius 1 is 1.00 bits per heavy atom. The van der Waals surface area contributed by atoms with Gasteiger partial charge in [0.15, 0.2) is 12.4 Å². The highest BCUT2D eigenvalue weighted by Crippen LogP contribution is 2.28. The van der Waals surface area contributed by atoms with E-state index in [1.807, 2.05) is 19.9 Å². The van der Waals surface area contributed by atoms with E-state index in [0.29, 0.717) is 22.6 Å². The third-order valence-corrected chi connectivity index (χ3v) is 4.44. The zero-order chi connectivity index (χ0) is 18.7. The van der Waals surface area contributed by atoms with Crippen LogP contribution in [-0.4, -0.2) is 19.5 Å². The first-order valence-electron chi connectivity index (χ1n) is 8.27. The number of ketones is 1. The van der Waals surface area contributed by atoms with Gasteiger partial charge in [0.2, 0.25) is 0 Å². The zero-order valence-electron chi connectivity index (χ0n) is 15.0. The molecule has 0 aliphatic rings. The molecule has 3 aromatic carbocycles. The SMILES string of the molecule is COc1ccc(C(=O)COc2cc3cc(C)c(C)cc3cc2C#N)cc1. The molecule has 4 nitrogen and oxygen atoms in total. The molecular weight excluding hydrogens is 326 g/mol. The van der Waals surface area contributed by atoms with Crippen molar-refractivity contribution in [3.63, 3.8) is 0 Å². The Bertz CT molecular complexity index is 1010. The molecule has 0 atom stereocenters. The van der Waals surface area contributed by atoms with Crippen molar-refractivity contribution in [3.05, 3.63) is 70.8 Å². The van der Waals surface area contributed by atoms with Crippen LogP contribution < -0.4 is 9.47 Å². The van der Waals surface area contributed by atoms with Gasteiger partial charge in [0.1, 0.15) is 17.6 Å². The summed E-state index contributed by atoms with van der Waals surface area (Å²) in [4.78, 5) is 12.3. The molecule has 0 aliphatic heterocycles. The van der Waals surface area contributed by atoms with E-state index in [4.69, 9.17) is 9.47 Å². The van der Waals surface area contributed by atoms with Crippen LogP contribution in [0.5, 0.6) is 11.5 Å². The van der Waals surface area contributed by atoms with Crippen molar-refractivity contribution >= 4 is 16.6 Å². The van der Waals surface area contributed by atoms with Crippen molar-refractivity contribution in [3.8, 4) is 17.6 Å². The molecule has 0 heterocycles. The molecule has 3 aromatic rings. The largest absolute Gasteiger partial charge is 0.497 e. The molecule has 0 fully saturated rings. The first-order valence-corrected chi connectivity index (χ1v) is 8.27. The number of benzene rings is 3. The number of fused-ring (bicyclic) bond motifs is 1. The molecule has 0 radical (unpaired) electrons. The number of ether oxygens (including phenoxy) is 2. The smallest absolute Gasteiger partial charge is 0.200 e. The maximum absolute atomic E-state index is 12.3. The van der Waals surface area contributed by atoms with Crippen LogP contribution >= 0.6 is 0 Å². The fourth-order valence-corrected chi connectivity index (χ4v) is 2.77. The maximum Gasteiger partial charge on any atom is 0.200 e. The molecule has 0 spiro atoms. The Hall–Kier alpha value is -3.32. The van der Waals surface area contributed by atoms with E-state index in [0.717, 1.165) is 10.8 Å². The van der Waals surface area contributed by atoms with Crippen molar-refractivity contribution in [1.29, 1.82) is 5.26 Å². The monoisotopic (exact) mass is 345 g/mol. The average molecular weight is 345 g/mol. The molecule has 26 heavy (non-hydrogen) atoms. The Morgan fingerprint density at radius 2 is 1.62 bits per heavy atom. The van der Waals surface area contributed by atoms with Gasteiger partial charge in [-0.25, -0.2) is 0 Å². The summed E-state index contributed by atoms with van der Waals surface area (Å²) in [5, 5.41) is 11.4. The Balaban J connectivity index is 1.84. The normalized spacial score (nSPS) is 10.4. The van der Waals surface area contributed by atoms with Gasteiger partial charge in [-0.05, 0) is 72.1 Å². The quantitative estimate of drug-likeness (QED) is 0.634. The van der Waals surface area contributed by atoms with Gasteiger partial charge in [-0.15, -0.1) is 0 Å². The van der Waals surface area contributed by atoms with E-state index in [-0.39, 0.29) is 12.4 Å². The number of hydrogen-bond acceptors (Lipinski definition) is 4. The minimum Gasteiger partial charge on any atom is -0.497 e. The fraction of sp³-hybridized carbons (Fsp3) is 0.182. The molecule has 0 aromatic heterocycles. The van der Waals surface area contributed by atoms with E-state index in [9.17, 15) is 10.1 Å². The van der Waals surface area contributed by atoms with Gasteiger partial charge >= 0.3 is 0 Å². The van der Waals surface area contributed by atoms with Crippen molar-refractivity contribution in [2.75, 3.05) is 13.7 Å². The third kappa shape index (κ3) is 3.52. The van der Waals surface area contributed by atoms with Crippen LogP contribution in [0.4, 0.5) is 0 Å². The van der Waals surface area contributed by atoms with E-state index in [2.05, 4.69) is 18.2 Å². The maximum atomic E-state index is 12.3.